The molecule has 0 aromatic heterocycles. The summed E-state index contributed by atoms with van der Waals surface area (Å²) < 4.78 is 5.66. The lowest BCUT2D eigenvalue weighted by Gasteiger charge is -2.31. The van der Waals surface area contributed by atoms with Gasteiger partial charge >= 0.3 is 5.97 Å². The van der Waals surface area contributed by atoms with Gasteiger partial charge in [-0.05, 0) is 55.7 Å². The average Bonchev–Trinajstić information content (AvgIpc) is 2.30. The number of rotatable bonds is 2. The molecule has 0 heterocycles. The first-order valence-corrected chi connectivity index (χ1v) is 7.02. The fourth-order valence-corrected chi connectivity index (χ4v) is 3.04. The summed E-state index contributed by atoms with van der Waals surface area (Å²) in [5, 5.41) is 0. The van der Waals surface area contributed by atoms with Crippen LogP contribution in [0.15, 0.2) is 18.2 Å². The molecule has 104 valence electrons. The van der Waals surface area contributed by atoms with Crippen molar-refractivity contribution in [2.45, 2.75) is 46.1 Å². The number of hydrogen-bond acceptors (Lipinski definition) is 3. The third kappa shape index (κ3) is 3.49. The largest absolute Gasteiger partial charge is 0.459 e. The van der Waals surface area contributed by atoms with Crippen LogP contribution < -0.4 is 5.73 Å². The molecule has 1 fully saturated rings. The van der Waals surface area contributed by atoms with Crippen molar-refractivity contribution >= 4 is 11.7 Å². The van der Waals surface area contributed by atoms with Crippen molar-refractivity contribution in [2.24, 2.45) is 11.8 Å². The van der Waals surface area contributed by atoms with Crippen molar-refractivity contribution in [1.29, 1.82) is 0 Å². The fraction of sp³-hybridized carbons (Fsp3) is 0.562. The molecule has 0 spiro atoms. The van der Waals surface area contributed by atoms with Gasteiger partial charge < -0.3 is 10.5 Å². The lowest BCUT2D eigenvalue weighted by Crippen LogP contribution is -2.28. The molecule has 0 saturated heterocycles. The highest BCUT2D eigenvalue weighted by molar-refractivity contribution is 5.92. The van der Waals surface area contributed by atoms with Gasteiger partial charge in [-0.3, -0.25) is 0 Å². The number of nitrogens with two attached hydrogens (primary N) is 1. The first-order chi connectivity index (χ1) is 8.95. The fourth-order valence-electron chi connectivity index (χ4n) is 3.04. The van der Waals surface area contributed by atoms with E-state index in [-0.39, 0.29) is 12.1 Å². The maximum atomic E-state index is 12.2. The first kappa shape index (κ1) is 13.9. The molecular formula is C16H23NO2. The maximum absolute atomic E-state index is 12.2. The van der Waals surface area contributed by atoms with Crippen LogP contribution in [0, 0.1) is 18.8 Å². The molecule has 1 aliphatic rings. The quantitative estimate of drug-likeness (QED) is 0.654. The van der Waals surface area contributed by atoms with Gasteiger partial charge in [0.15, 0.2) is 0 Å². The number of nitrogen functional groups attached to an aromatic ring is 1. The molecule has 0 aliphatic heterocycles. The van der Waals surface area contributed by atoms with E-state index >= 15 is 0 Å². The summed E-state index contributed by atoms with van der Waals surface area (Å²) >= 11 is 0. The van der Waals surface area contributed by atoms with Crippen molar-refractivity contribution < 1.29 is 9.53 Å². The topological polar surface area (TPSA) is 52.3 Å². The SMILES string of the molecule is Cc1ccc(N)cc1C(=O)OC1CC(C)CC(C)C1. The summed E-state index contributed by atoms with van der Waals surface area (Å²) in [6.07, 6.45) is 3.22. The second-order valence-electron chi connectivity index (χ2n) is 6.02. The smallest absolute Gasteiger partial charge is 0.338 e. The van der Waals surface area contributed by atoms with Crippen molar-refractivity contribution in [1.82, 2.24) is 0 Å². The van der Waals surface area contributed by atoms with Crippen LogP contribution in [0.4, 0.5) is 5.69 Å². The lowest BCUT2D eigenvalue weighted by molar-refractivity contribution is 0.00799. The van der Waals surface area contributed by atoms with E-state index in [2.05, 4.69) is 13.8 Å². The van der Waals surface area contributed by atoms with Crippen molar-refractivity contribution in [3.63, 3.8) is 0 Å². The molecule has 2 N–H and O–H groups in total. The molecule has 3 heteroatoms. The van der Waals surface area contributed by atoms with Crippen molar-refractivity contribution in [3.05, 3.63) is 29.3 Å². The molecule has 1 aliphatic carbocycles. The minimum Gasteiger partial charge on any atom is -0.459 e. The Hall–Kier alpha value is -1.51. The zero-order valence-electron chi connectivity index (χ0n) is 12.0. The predicted octanol–water partition coefficient (Wildman–Crippen LogP) is 3.56. The number of ether oxygens (including phenoxy) is 1. The highest BCUT2D eigenvalue weighted by Gasteiger charge is 2.27. The first-order valence-electron chi connectivity index (χ1n) is 7.02. The van der Waals surface area contributed by atoms with E-state index < -0.39 is 0 Å². The van der Waals surface area contributed by atoms with Gasteiger partial charge in [0, 0.05) is 5.69 Å². The van der Waals surface area contributed by atoms with E-state index in [9.17, 15) is 4.79 Å². The Bertz CT molecular complexity index is 460. The van der Waals surface area contributed by atoms with Gasteiger partial charge in [0.05, 0.1) is 5.56 Å². The zero-order valence-corrected chi connectivity index (χ0v) is 12.0. The van der Waals surface area contributed by atoms with Gasteiger partial charge in [-0.2, -0.15) is 0 Å². The second-order valence-corrected chi connectivity index (χ2v) is 6.02. The van der Waals surface area contributed by atoms with Gasteiger partial charge in [-0.25, -0.2) is 4.79 Å². The molecular weight excluding hydrogens is 238 g/mol. The second kappa shape index (κ2) is 5.64. The van der Waals surface area contributed by atoms with E-state index in [1.807, 2.05) is 13.0 Å². The average molecular weight is 261 g/mol. The van der Waals surface area contributed by atoms with E-state index in [0.717, 1.165) is 18.4 Å². The Morgan fingerprint density at radius 2 is 1.84 bits per heavy atom. The summed E-state index contributed by atoms with van der Waals surface area (Å²) in [5.74, 6) is 1.02. The molecule has 19 heavy (non-hydrogen) atoms. The molecule has 1 aromatic rings. The molecule has 0 bridgehead atoms. The number of anilines is 1. The molecule has 2 rings (SSSR count). The van der Waals surface area contributed by atoms with Crippen molar-refractivity contribution in [3.8, 4) is 0 Å². The normalized spacial score (nSPS) is 27.0. The molecule has 0 amide bonds. The monoisotopic (exact) mass is 261 g/mol. The van der Waals surface area contributed by atoms with Crippen molar-refractivity contribution in [2.75, 3.05) is 5.73 Å². The number of carbonyl (C=O) groups excluding carboxylic acids is 1. The predicted molar refractivity (Wildman–Crippen MR) is 77.0 cm³/mol. The van der Waals surface area contributed by atoms with Crippen LogP contribution in [0.2, 0.25) is 0 Å². The van der Waals surface area contributed by atoms with E-state index in [0.29, 0.717) is 23.1 Å². The molecule has 0 radical (unpaired) electrons. The van der Waals surface area contributed by atoms with E-state index in [1.54, 1.807) is 12.1 Å². The molecule has 1 aromatic carbocycles. The third-order valence-electron chi connectivity index (χ3n) is 3.89. The molecule has 3 nitrogen and oxygen atoms in total. The Labute approximate surface area is 115 Å². The van der Waals surface area contributed by atoms with Gasteiger partial charge in [0.1, 0.15) is 6.10 Å². The number of carbonyl (C=O) groups is 1. The molecule has 2 atom stereocenters. The Morgan fingerprint density at radius 3 is 2.47 bits per heavy atom. The van der Waals surface area contributed by atoms with Crippen LogP contribution in [0.1, 0.15) is 49.0 Å². The highest BCUT2D eigenvalue weighted by Crippen LogP contribution is 2.31. The van der Waals surface area contributed by atoms with Crippen LogP contribution >= 0.6 is 0 Å². The van der Waals surface area contributed by atoms with E-state index in [4.69, 9.17) is 10.5 Å². The number of hydrogen-bond donors (Lipinski definition) is 1. The summed E-state index contributed by atoms with van der Waals surface area (Å²) in [4.78, 5) is 12.2. The van der Waals surface area contributed by atoms with E-state index in [1.165, 1.54) is 6.42 Å². The van der Waals surface area contributed by atoms with Crippen LogP contribution in [-0.2, 0) is 4.74 Å². The summed E-state index contributed by atoms with van der Waals surface area (Å²) in [6, 6.07) is 5.36. The minimum atomic E-state index is -0.240. The molecule has 2 unspecified atom stereocenters. The minimum absolute atomic E-state index is 0.0482. The third-order valence-corrected chi connectivity index (χ3v) is 3.89. The van der Waals surface area contributed by atoms with Gasteiger partial charge in [-0.1, -0.05) is 19.9 Å². The van der Waals surface area contributed by atoms with Gasteiger partial charge in [-0.15, -0.1) is 0 Å². The zero-order chi connectivity index (χ0) is 14.0. The lowest BCUT2D eigenvalue weighted by atomic mass is 9.82. The maximum Gasteiger partial charge on any atom is 0.338 e. The number of esters is 1. The summed E-state index contributed by atoms with van der Waals surface area (Å²) in [6.45, 7) is 6.35. The van der Waals surface area contributed by atoms with Crippen LogP contribution in [0.25, 0.3) is 0 Å². The summed E-state index contributed by atoms with van der Waals surface area (Å²) in [5.41, 5.74) is 7.84. The standard InChI is InChI=1S/C16H23NO2/c1-10-6-11(2)8-14(7-10)19-16(18)15-9-13(17)5-4-12(15)3/h4-5,9-11,14H,6-8,17H2,1-3H3. The van der Waals surface area contributed by atoms with Gasteiger partial charge in [0.25, 0.3) is 0 Å². The highest BCUT2D eigenvalue weighted by atomic mass is 16.5. The molecule has 1 saturated carbocycles. The van der Waals surface area contributed by atoms with Crippen LogP contribution in [0.5, 0.6) is 0 Å². The Kier molecular flexibility index (Phi) is 4.13. The number of aryl methyl sites for hydroxylation is 1. The number of benzene rings is 1. The van der Waals surface area contributed by atoms with Gasteiger partial charge in [0.2, 0.25) is 0 Å². The van der Waals surface area contributed by atoms with Crippen LogP contribution in [0.3, 0.4) is 0 Å². The Morgan fingerprint density at radius 1 is 1.21 bits per heavy atom. The summed E-state index contributed by atoms with van der Waals surface area (Å²) in [7, 11) is 0. The Balaban J connectivity index is 2.06. The van der Waals surface area contributed by atoms with Crippen LogP contribution in [-0.4, -0.2) is 12.1 Å².